The van der Waals surface area contributed by atoms with Crippen molar-refractivity contribution in [1.29, 1.82) is 0 Å². The van der Waals surface area contributed by atoms with Crippen LogP contribution in [-0.4, -0.2) is 16.1 Å². The maximum absolute atomic E-state index is 12.0. The maximum atomic E-state index is 12.0. The summed E-state index contributed by atoms with van der Waals surface area (Å²) >= 11 is 1.52. The Balaban J connectivity index is 2.12. The summed E-state index contributed by atoms with van der Waals surface area (Å²) in [6.45, 7) is 8.30. The van der Waals surface area contributed by atoms with E-state index in [4.69, 9.17) is 0 Å². The Morgan fingerprint density at radius 3 is 2.61 bits per heavy atom. The summed E-state index contributed by atoms with van der Waals surface area (Å²) < 4.78 is 0. The predicted molar refractivity (Wildman–Crippen MR) is 74.3 cm³/mol. The first kappa shape index (κ1) is 12.8. The highest BCUT2D eigenvalue weighted by molar-refractivity contribution is 7.14. The summed E-state index contributed by atoms with van der Waals surface area (Å²) in [6.07, 6.45) is 0. The number of thiophene rings is 1. The lowest BCUT2D eigenvalue weighted by molar-refractivity contribution is 0.103. The Kier molecular flexibility index (Phi) is 3.26. The number of aryl methyl sites for hydroxylation is 1. The lowest BCUT2D eigenvalue weighted by Crippen LogP contribution is -2.11. The van der Waals surface area contributed by atoms with Gasteiger partial charge in [-0.1, -0.05) is 20.8 Å². The van der Waals surface area contributed by atoms with Crippen molar-refractivity contribution >= 4 is 23.1 Å². The number of H-pyrrole nitrogens is 1. The van der Waals surface area contributed by atoms with Crippen molar-refractivity contribution in [1.82, 2.24) is 10.2 Å². The highest BCUT2D eigenvalue weighted by Gasteiger charge is 2.18. The Hall–Kier alpha value is -1.62. The molecule has 0 aliphatic carbocycles. The number of nitrogens with zero attached hydrogens (tertiary/aromatic N) is 1. The molecule has 0 atom stereocenters. The molecule has 18 heavy (non-hydrogen) atoms. The van der Waals surface area contributed by atoms with Gasteiger partial charge in [0, 0.05) is 16.6 Å². The molecule has 5 heteroatoms. The van der Waals surface area contributed by atoms with E-state index in [1.54, 1.807) is 6.07 Å². The van der Waals surface area contributed by atoms with Crippen LogP contribution in [0.25, 0.3) is 0 Å². The van der Waals surface area contributed by atoms with Gasteiger partial charge in [0.1, 0.15) is 0 Å². The average Bonchev–Trinajstić information content (AvgIpc) is 2.85. The molecular weight excluding hydrogens is 246 g/mol. The van der Waals surface area contributed by atoms with E-state index in [0.717, 1.165) is 5.69 Å². The molecule has 0 saturated heterocycles. The van der Waals surface area contributed by atoms with E-state index in [9.17, 15) is 4.79 Å². The smallest absolute Gasteiger partial charge is 0.266 e. The topological polar surface area (TPSA) is 57.8 Å². The highest BCUT2D eigenvalue weighted by atomic mass is 32.1. The van der Waals surface area contributed by atoms with E-state index in [1.165, 1.54) is 16.2 Å². The number of rotatable bonds is 2. The minimum atomic E-state index is -0.109. The number of carbonyl (C=O) groups is 1. The third kappa shape index (κ3) is 2.79. The Labute approximate surface area is 110 Å². The van der Waals surface area contributed by atoms with Crippen LogP contribution < -0.4 is 5.32 Å². The molecule has 96 valence electrons. The van der Waals surface area contributed by atoms with E-state index in [-0.39, 0.29) is 11.3 Å². The standard InChI is InChI=1S/C13H17N3OS/c1-8-7-11(16-15-8)14-12(17)9-5-6-10(18-9)13(2,3)4/h5-7H,1-4H3,(H2,14,15,16,17). The van der Waals surface area contributed by atoms with E-state index in [1.807, 2.05) is 19.1 Å². The molecule has 0 spiro atoms. The van der Waals surface area contributed by atoms with Crippen molar-refractivity contribution in [2.75, 3.05) is 5.32 Å². The zero-order valence-electron chi connectivity index (χ0n) is 11.0. The molecule has 4 nitrogen and oxygen atoms in total. The molecule has 2 aromatic rings. The van der Waals surface area contributed by atoms with Gasteiger partial charge in [-0.05, 0) is 24.5 Å². The minimum absolute atomic E-state index is 0.0755. The van der Waals surface area contributed by atoms with Gasteiger partial charge in [0.15, 0.2) is 5.82 Å². The monoisotopic (exact) mass is 263 g/mol. The van der Waals surface area contributed by atoms with Gasteiger partial charge in [0.2, 0.25) is 0 Å². The first-order valence-electron chi connectivity index (χ1n) is 5.80. The molecule has 2 heterocycles. The minimum Gasteiger partial charge on any atom is -0.304 e. The van der Waals surface area contributed by atoms with Crippen molar-refractivity contribution < 1.29 is 4.79 Å². The van der Waals surface area contributed by atoms with Crippen LogP contribution in [0.5, 0.6) is 0 Å². The molecular formula is C13H17N3OS. The third-order valence-corrected chi connectivity index (χ3v) is 4.03. The van der Waals surface area contributed by atoms with E-state index < -0.39 is 0 Å². The van der Waals surface area contributed by atoms with Crippen LogP contribution in [-0.2, 0) is 5.41 Å². The molecule has 0 aliphatic heterocycles. The van der Waals surface area contributed by atoms with Gasteiger partial charge >= 0.3 is 0 Å². The van der Waals surface area contributed by atoms with Crippen molar-refractivity contribution in [3.63, 3.8) is 0 Å². The normalized spacial score (nSPS) is 11.6. The van der Waals surface area contributed by atoms with E-state index in [2.05, 4.69) is 36.3 Å². The highest BCUT2D eigenvalue weighted by Crippen LogP contribution is 2.29. The quantitative estimate of drug-likeness (QED) is 0.873. The number of carbonyl (C=O) groups excluding carboxylic acids is 1. The van der Waals surface area contributed by atoms with Crippen LogP contribution in [0.1, 0.15) is 41.0 Å². The molecule has 0 saturated carbocycles. The van der Waals surface area contributed by atoms with Crippen LogP contribution in [0.4, 0.5) is 5.82 Å². The van der Waals surface area contributed by atoms with E-state index >= 15 is 0 Å². The number of amides is 1. The molecule has 0 aliphatic rings. The van der Waals surface area contributed by atoms with Gasteiger partial charge in [-0.25, -0.2) is 0 Å². The fourth-order valence-electron chi connectivity index (χ4n) is 1.52. The van der Waals surface area contributed by atoms with Gasteiger partial charge in [-0.15, -0.1) is 11.3 Å². The third-order valence-electron chi connectivity index (χ3n) is 2.52. The summed E-state index contributed by atoms with van der Waals surface area (Å²) in [6, 6.07) is 5.67. The molecule has 0 fully saturated rings. The van der Waals surface area contributed by atoms with Crippen LogP contribution in [0, 0.1) is 6.92 Å². The first-order valence-corrected chi connectivity index (χ1v) is 6.61. The SMILES string of the molecule is Cc1cc(NC(=O)c2ccc(C(C)(C)C)s2)n[nH]1. The summed E-state index contributed by atoms with van der Waals surface area (Å²) in [7, 11) is 0. The summed E-state index contributed by atoms with van der Waals surface area (Å²) in [5.41, 5.74) is 0.999. The predicted octanol–water partition coefficient (Wildman–Crippen LogP) is 3.33. The van der Waals surface area contributed by atoms with Gasteiger partial charge in [-0.3, -0.25) is 9.89 Å². The molecule has 0 bridgehead atoms. The van der Waals surface area contributed by atoms with Crippen LogP contribution >= 0.6 is 11.3 Å². The van der Waals surface area contributed by atoms with Crippen molar-refractivity contribution in [3.8, 4) is 0 Å². The Morgan fingerprint density at radius 2 is 2.11 bits per heavy atom. The fourth-order valence-corrected chi connectivity index (χ4v) is 2.48. The first-order chi connectivity index (χ1) is 8.36. The molecule has 2 rings (SSSR count). The number of hydrogen-bond donors (Lipinski definition) is 2. The number of anilines is 1. The van der Waals surface area contributed by atoms with Gasteiger partial charge in [-0.2, -0.15) is 5.10 Å². The summed E-state index contributed by atoms with van der Waals surface area (Å²) in [4.78, 5) is 13.9. The summed E-state index contributed by atoms with van der Waals surface area (Å²) in [5.74, 6) is 0.449. The van der Waals surface area contributed by atoms with Crippen LogP contribution in [0.3, 0.4) is 0 Å². The second kappa shape index (κ2) is 4.57. The zero-order valence-corrected chi connectivity index (χ0v) is 11.8. The maximum Gasteiger partial charge on any atom is 0.266 e. The molecule has 2 N–H and O–H groups in total. The van der Waals surface area contributed by atoms with Crippen LogP contribution in [0.15, 0.2) is 18.2 Å². The Bertz CT molecular complexity index is 563. The average molecular weight is 263 g/mol. The number of nitrogens with one attached hydrogen (secondary N) is 2. The second-order valence-electron chi connectivity index (χ2n) is 5.30. The molecule has 0 radical (unpaired) electrons. The zero-order chi connectivity index (χ0) is 13.3. The largest absolute Gasteiger partial charge is 0.304 e. The van der Waals surface area contributed by atoms with E-state index in [0.29, 0.717) is 10.7 Å². The molecule has 0 aromatic carbocycles. The lowest BCUT2D eigenvalue weighted by atomic mass is 9.95. The van der Waals surface area contributed by atoms with Crippen LogP contribution in [0.2, 0.25) is 0 Å². The van der Waals surface area contributed by atoms with Gasteiger partial charge in [0.05, 0.1) is 4.88 Å². The van der Waals surface area contributed by atoms with Crippen molar-refractivity contribution in [2.45, 2.75) is 33.1 Å². The fraction of sp³-hybridized carbons (Fsp3) is 0.385. The summed E-state index contributed by atoms with van der Waals surface area (Å²) in [5, 5.41) is 9.55. The molecule has 1 amide bonds. The number of aromatic amines is 1. The lowest BCUT2D eigenvalue weighted by Gasteiger charge is -2.15. The number of hydrogen-bond acceptors (Lipinski definition) is 3. The van der Waals surface area contributed by atoms with Crippen molar-refractivity contribution in [2.24, 2.45) is 0 Å². The van der Waals surface area contributed by atoms with Gasteiger partial charge < -0.3 is 5.32 Å². The van der Waals surface area contributed by atoms with Crippen molar-refractivity contribution in [3.05, 3.63) is 33.6 Å². The molecule has 0 unspecified atom stereocenters. The second-order valence-corrected chi connectivity index (χ2v) is 6.39. The molecule has 2 aromatic heterocycles. The number of aromatic nitrogens is 2. The van der Waals surface area contributed by atoms with Gasteiger partial charge in [0.25, 0.3) is 5.91 Å². The Morgan fingerprint density at radius 1 is 1.39 bits per heavy atom.